The van der Waals surface area contributed by atoms with Crippen LogP contribution in [-0.4, -0.2) is 29.9 Å². The molecule has 7 nitrogen and oxygen atoms in total. The van der Waals surface area contributed by atoms with Gasteiger partial charge < -0.3 is 10.4 Å². The van der Waals surface area contributed by atoms with E-state index in [0.717, 1.165) is 5.56 Å². The van der Waals surface area contributed by atoms with Gasteiger partial charge in [-0.25, -0.2) is 12.8 Å². The fourth-order valence-corrected chi connectivity index (χ4v) is 4.70. The number of aryl methyl sites for hydroxylation is 2. The lowest BCUT2D eigenvalue weighted by atomic mass is 10.2. The molecule has 9 heteroatoms. The number of nitrogens with one attached hydrogen (secondary N) is 2. The van der Waals surface area contributed by atoms with Crippen molar-refractivity contribution in [3.63, 3.8) is 0 Å². The van der Waals surface area contributed by atoms with Crippen molar-refractivity contribution in [3.8, 4) is 0 Å². The molecule has 0 saturated heterocycles. The van der Waals surface area contributed by atoms with Gasteiger partial charge in [-0.2, -0.15) is 0 Å². The Balaban J connectivity index is 2.02. The maximum atomic E-state index is 14.2. The van der Waals surface area contributed by atoms with Crippen molar-refractivity contribution in [1.29, 1.82) is 0 Å². The summed E-state index contributed by atoms with van der Waals surface area (Å²) in [5.74, 6) is -0.667. The van der Waals surface area contributed by atoms with E-state index >= 15 is 0 Å². The van der Waals surface area contributed by atoms with Crippen LogP contribution in [0.2, 0.25) is 0 Å². The van der Waals surface area contributed by atoms with Gasteiger partial charge in [0.15, 0.2) is 0 Å². The average molecular weight is 395 g/mol. The molecule has 1 aliphatic rings. The molecule has 2 unspecified atom stereocenters. The maximum Gasteiger partial charge on any atom is 0.254 e. The fraction of sp³-hybridized carbons (Fsp3) is 0.389. The maximum absolute atomic E-state index is 14.2. The molecule has 0 spiro atoms. The zero-order chi connectivity index (χ0) is 19.9. The minimum atomic E-state index is -3.74. The van der Waals surface area contributed by atoms with Crippen LogP contribution in [0.25, 0.3) is 0 Å². The number of hydrogen-bond acceptors (Lipinski definition) is 5. The molecule has 0 amide bonds. The predicted octanol–water partition coefficient (Wildman–Crippen LogP) is 2.01. The highest BCUT2D eigenvalue weighted by Crippen LogP contribution is 2.38. The second kappa shape index (κ2) is 6.97. The van der Waals surface area contributed by atoms with E-state index in [1.54, 1.807) is 19.9 Å². The second-order valence-electron chi connectivity index (χ2n) is 6.93. The van der Waals surface area contributed by atoms with Crippen molar-refractivity contribution in [2.75, 3.05) is 16.6 Å². The Hall–Kier alpha value is -2.39. The van der Waals surface area contributed by atoms with Gasteiger partial charge in [-0.1, -0.05) is 6.07 Å². The van der Waals surface area contributed by atoms with Gasteiger partial charge >= 0.3 is 0 Å². The first-order chi connectivity index (χ1) is 12.6. The standard InChI is InChI=1S/C18H22FN3O4S/c1-10-4-5-14(13(19)6-10)20-17-15(7-11(2)18(24)22(17)3)21-27(25,26)16-8-12(16)9-23/h4-7,12,16,20-21,23H,8-9H2,1-3H3. The van der Waals surface area contributed by atoms with Gasteiger partial charge in [0.05, 0.1) is 16.6 Å². The van der Waals surface area contributed by atoms with E-state index in [4.69, 9.17) is 5.11 Å². The summed E-state index contributed by atoms with van der Waals surface area (Å²) in [6.07, 6.45) is 0.381. The van der Waals surface area contributed by atoms with Gasteiger partial charge in [-0.05, 0) is 44.0 Å². The number of sulfonamides is 1. The lowest BCUT2D eigenvalue weighted by molar-refractivity contribution is 0.277. The summed E-state index contributed by atoms with van der Waals surface area (Å²) in [6.45, 7) is 3.13. The number of pyridine rings is 1. The Bertz CT molecular complexity index is 1050. The van der Waals surface area contributed by atoms with E-state index in [0.29, 0.717) is 12.0 Å². The Morgan fingerprint density at radius 3 is 2.56 bits per heavy atom. The van der Waals surface area contributed by atoms with Crippen LogP contribution >= 0.6 is 0 Å². The fourth-order valence-electron chi connectivity index (χ4n) is 2.99. The van der Waals surface area contributed by atoms with Crippen LogP contribution in [0.3, 0.4) is 0 Å². The van der Waals surface area contributed by atoms with Crippen molar-refractivity contribution in [1.82, 2.24) is 4.57 Å². The topological polar surface area (TPSA) is 100 Å². The van der Waals surface area contributed by atoms with Crippen molar-refractivity contribution in [2.24, 2.45) is 13.0 Å². The molecule has 0 bridgehead atoms. The monoisotopic (exact) mass is 395 g/mol. The van der Waals surface area contributed by atoms with E-state index in [9.17, 15) is 17.6 Å². The molecule has 1 aliphatic carbocycles. The number of benzene rings is 1. The van der Waals surface area contributed by atoms with Crippen molar-refractivity contribution in [3.05, 3.63) is 51.6 Å². The summed E-state index contributed by atoms with van der Waals surface area (Å²) in [5, 5.41) is 11.3. The highest BCUT2D eigenvalue weighted by Gasteiger charge is 2.47. The quantitative estimate of drug-likeness (QED) is 0.695. The zero-order valence-electron chi connectivity index (χ0n) is 15.3. The molecule has 1 fully saturated rings. The highest BCUT2D eigenvalue weighted by molar-refractivity contribution is 7.93. The summed E-state index contributed by atoms with van der Waals surface area (Å²) in [6, 6.07) is 5.99. The molecule has 2 atom stereocenters. The number of aliphatic hydroxyl groups is 1. The molecule has 27 heavy (non-hydrogen) atoms. The summed E-state index contributed by atoms with van der Waals surface area (Å²) < 4.78 is 43.1. The first-order valence-corrected chi connectivity index (χ1v) is 10.0. The second-order valence-corrected chi connectivity index (χ2v) is 8.83. The van der Waals surface area contributed by atoms with E-state index in [2.05, 4.69) is 10.0 Å². The van der Waals surface area contributed by atoms with Crippen LogP contribution in [0, 0.1) is 25.6 Å². The number of nitrogens with zero attached hydrogens (tertiary/aromatic N) is 1. The van der Waals surface area contributed by atoms with Crippen molar-refractivity contribution < 1.29 is 17.9 Å². The van der Waals surface area contributed by atoms with Crippen LogP contribution in [0.1, 0.15) is 17.5 Å². The molecule has 146 valence electrons. The molecular weight excluding hydrogens is 373 g/mol. The van der Waals surface area contributed by atoms with Crippen LogP contribution in [-0.2, 0) is 17.1 Å². The van der Waals surface area contributed by atoms with Crippen molar-refractivity contribution >= 4 is 27.2 Å². The van der Waals surface area contributed by atoms with Crippen LogP contribution in [0.15, 0.2) is 29.1 Å². The van der Waals surface area contributed by atoms with Crippen molar-refractivity contribution in [2.45, 2.75) is 25.5 Å². The van der Waals surface area contributed by atoms with Gasteiger partial charge in [-0.15, -0.1) is 0 Å². The Kier molecular flexibility index (Phi) is 5.00. The van der Waals surface area contributed by atoms with Crippen LogP contribution in [0.4, 0.5) is 21.6 Å². The summed E-state index contributed by atoms with van der Waals surface area (Å²) in [5.41, 5.74) is 1.03. The van der Waals surface area contributed by atoms with Gasteiger partial charge in [0.2, 0.25) is 10.0 Å². The SMILES string of the molecule is Cc1ccc(Nc2c(NS(=O)(=O)C3CC3CO)cc(C)c(=O)n2C)c(F)c1. The molecule has 1 aromatic carbocycles. The number of anilines is 3. The molecule has 3 rings (SSSR count). The smallest absolute Gasteiger partial charge is 0.254 e. The number of aromatic nitrogens is 1. The Labute approximate surface area is 156 Å². The highest BCUT2D eigenvalue weighted by atomic mass is 32.2. The van der Waals surface area contributed by atoms with E-state index in [-0.39, 0.29) is 35.3 Å². The van der Waals surface area contributed by atoms with E-state index < -0.39 is 21.1 Å². The third kappa shape index (κ3) is 3.84. The summed E-state index contributed by atoms with van der Waals surface area (Å²) in [4.78, 5) is 12.3. The lowest BCUT2D eigenvalue weighted by Gasteiger charge is -2.18. The Morgan fingerprint density at radius 2 is 1.96 bits per heavy atom. The summed E-state index contributed by atoms with van der Waals surface area (Å²) in [7, 11) is -2.26. The first-order valence-electron chi connectivity index (χ1n) is 8.50. The number of hydrogen-bond donors (Lipinski definition) is 3. The predicted molar refractivity (Wildman–Crippen MR) is 102 cm³/mol. The first kappa shape index (κ1) is 19.4. The van der Waals surface area contributed by atoms with Crippen LogP contribution < -0.4 is 15.6 Å². The zero-order valence-corrected chi connectivity index (χ0v) is 16.1. The minimum absolute atomic E-state index is 0.125. The van der Waals surface area contributed by atoms with Gasteiger partial charge in [-0.3, -0.25) is 14.1 Å². The minimum Gasteiger partial charge on any atom is -0.396 e. The Morgan fingerprint density at radius 1 is 1.26 bits per heavy atom. The molecule has 1 heterocycles. The lowest BCUT2D eigenvalue weighted by Crippen LogP contribution is -2.26. The molecule has 0 radical (unpaired) electrons. The molecule has 0 aliphatic heterocycles. The van der Waals surface area contributed by atoms with Gasteiger partial charge in [0.25, 0.3) is 5.56 Å². The van der Waals surface area contributed by atoms with Crippen LogP contribution in [0.5, 0.6) is 0 Å². The molecular formula is C18H22FN3O4S. The molecule has 1 saturated carbocycles. The molecule has 1 aromatic heterocycles. The number of aliphatic hydroxyl groups excluding tert-OH is 1. The summed E-state index contributed by atoms with van der Waals surface area (Å²) >= 11 is 0. The normalized spacial score (nSPS) is 19.0. The third-order valence-corrected chi connectivity index (χ3v) is 6.59. The van der Waals surface area contributed by atoms with E-state index in [1.807, 2.05) is 0 Å². The number of rotatable bonds is 6. The van der Waals surface area contributed by atoms with Gasteiger partial charge in [0, 0.05) is 25.1 Å². The van der Waals surface area contributed by atoms with Gasteiger partial charge in [0.1, 0.15) is 11.6 Å². The number of halogens is 1. The average Bonchev–Trinajstić information content (AvgIpc) is 3.39. The largest absolute Gasteiger partial charge is 0.396 e. The third-order valence-electron chi connectivity index (χ3n) is 4.71. The molecule has 3 N–H and O–H groups in total. The molecule has 2 aromatic rings. The van der Waals surface area contributed by atoms with E-state index in [1.165, 1.54) is 29.8 Å².